The Morgan fingerprint density at radius 1 is 0.857 bits per heavy atom. The third kappa shape index (κ3) is 4.57. The lowest BCUT2D eigenvalue weighted by molar-refractivity contribution is -0.131. The molecule has 0 atom stereocenters. The summed E-state index contributed by atoms with van der Waals surface area (Å²) < 4.78 is 10.4. The maximum Gasteiger partial charge on any atom is 0.308 e. The van der Waals surface area contributed by atoms with Crippen molar-refractivity contribution in [3.05, 3.63) is 90.0 Å². The summed E-state index contributed by atoms with van der Waals surface area (Å²) in [6.45, 7) is 1.69. The van der Waals surface area contributed by atoms with Gasteiger partial charge in [-0.25, -0.2) is 0 Å². The van der Waals surface area contributed by atoms with Gasteiger partial charge in [0.15, 0.2) is 0 Å². The number of carbonyl (C=O) groups excluding carboxylic acids is 2. The van der Waals surface area contributed by atoms with Crippen LogP contribution in [0.1, 0.15) is 22.8 Å². The van der Waals surface area contributed by atoms with E-state index in [4.69, 9.17) is 9.47 Å². The second kappa shape index (κ2) is 8.86. The van der Waals surface area contributed by atoms with Gasteiger partial charge in [0, 0.05) is 12.6 Å². The van der Waals surface area contributed by atoms with Crippen LogP contribution in [0.25, 0.3) is 0 Å². The van der Waals surface area contributed by atoms with E-state index in [0.29, 0.717) is 23.5 Å². The molecule has 0 heterocycles. The standard InChI is InChI=1S/C23H21NO4/c1-17(25)28-22-11-7-6-10-21(22)23(26)24(16-18-8-4-3-5-9-18)19-12-14-20(27-2)15-13-19/h3-15H,16H2,1-2H3. The Morgan fingerprint density at radius 2 is 1.50 bits per heavy atom. The average Bonchev–Trinajstić information content (AvgIpc) is 2.72. The van der Waals surface area contributed by atoms with Gasteiger partial charge in [0.2, 0.25) is 0 Å². The van der Waals surface area contributed by atoms with Gasteiger partial charge in [-0.3, -0.25) is 9.59 Å². The number of rotatable bonds is 6. The highest BCUT2D eigenvalue weighted by Gasteiger charge is 2.22. The molecule has 3 aromatic rings. The Hall–Kier alpha value is -3.60. The predicted octanol–water partition coefficient (Wildman–Crippen LogP) is 4.47. The van der Waals surface area contributed by atoms with Crippen LogP contribution in [-0.4, -0.2) is 19.0 Å². The maximum atomic E-state index is 13.4. The van der Waals surface area contributed by atoms with Crippen LogP contribution >= 0.6 is 0 Å². The van der Waals surface area contributed by atoms with E-state index in [1.54, 1.807) is 48.4 Å². The lowest BCUT2D eigenvalue weighted by Crippen LogP contribution is -2.31. The molecule has 0 unspecified atom stereocenters. The minimum atomic E-state index is -0.473. The molecule has 1 amide bonds. The van der Waals surface area contributed by atoms with Gasteiger partial charge in [-0.2, -0.15) is 0 Å². The molecule has 0 aliphatic rings. The van der Waals surface area contributed by atoms with E-state index in [0.717, 1.165) is 5.56 Å². The highest BCUT2D eigenvalue weighted by molar-refractivity contribution is 6.08. The van der Waals surface area contributed by atoms with Crippen LogP contribution in [0.4, 0.5) is 5.69 Å². The van der Waals surface area contributed by atoms with E-state index in [-0.39, 0.29) is 11.7 Å². The second-order valence-electron chi connectivity index (χ2n) is 6.16. The predicted molar refractivity (Wildman–Crippen MR) is 108 cm³/mol. The molecular weight excluding hydrogens is 354 g/mol. The number of hydrogen-bond acceptors (Lipinski definition) is 4. The first kappa shape index (κ1) is 19.2. The maximum absolute atomic E-state index is 13.4. The molecule has 0 saturated carbocycles. The number of nitrogens with zero attached hydrogens (tertiary/aromatic N) is 1. The van der Waals surface area contributed by atoms with Crippen LogP contribution in [0, 0.1) is 0 Å². The zero-order valence-corrected chi connectivity index (χ0v) is 15.8. The van der Waals surface area contributed by atoms with Crippen LogP contribution in [0.15, 0.2) is 78.9 Å². The summed E-state index contributed by atoms with van der Waals surface area (Å²) in [5.41, 5.74) is 2.02. The Bertz CT molecular complexity index is 952. The number of anilines is 1. The third-order valence-electron chi connectivity index (χ3n) is 4.18. The van der Waals surface area contributed by atoms with Crippen molar-refractivity contribution >= 4 is 17.6 Å². The van der Waals surface area contributed by atoms with Gasteiger partial charge in [-0.15, -0.1) is 0 Å². The number of hydrogen-bond donors (Lipinski definition) is 0. The summed E-state index contributed by atoms with van der Waals surface area (Å²) >= 11 is 0. The number of methoxy groups -OCH3 is 1. The molecule has 0 radical (unpaired) electrons. The average molecular weight is 375 g/mol. The van der Waals surface area contributed by atoms with E-state index < -0.39 is 5.97 Å². The first-order chi connectivity index (χ1) is 13.6. The third-order valence-corrected chi connectivity index (χ3v) is 4.18. The normalized spacial score (nSPS) is 10.2. The van der Waals surface area contributed by atoms with Gasteiger partial charge in [-0.05, 0) is 42.0 Å². The second-order valence-corrected chi connectivity index (χ2v) is 6.16. The highest BCUT2D eigenvalue weighted by atomic mass is 16.5. The van der Waals surface area contributed by atoms with Gasteiger partial charge in [0.05, 0.1) is 19.2 Å². The van der Waals surface area contributed by atoms with Crippen molar-refractivity contribution < 1.29 is 19.1 Å². The van der Waals surface area contributed by atoms with Crippen molar-refractivity contribution in [1.29, 1.82) is 0 Å². The zero-order valence-electron chi connectivity index (χ0n) is 15.8. The molecule has 0 N–H and O–H groups in total. The van der Waals surface area contributed by atoms with Gasteiger partial charge < -0.3 is 14.4 Å². The van der Waals surface area contributed by atoms with Crippen LogP contribution in [0.2, 0.25) is 0 Å². The molecule has 142 valence electrons. The molecule has 5 heteroatoms. The number of ether oxygens (including phenoxy) is 2. The molecular formula is C23H21NO4. The lowest BCUT2D eigenvalue weighted by atomic mass is 10.1. The number of carbonyl (C=O) groups is 2. The van der Waals surface area contributed by atoms with Crippen molar-refractivity contribution in [2.75, 3.05) is 12.0 Å². The summed E-state index contributed by atoms with van der Waals surface area (Å²) in [5.74, 6) is 0.216. The first-order valence-electron chi connectivity index (χ1n) is 8.86. The van der Waals surface area contributed by atoms with E-state index in [2.05, 4.69) is 0 Å². The van der Waals surface area contributed by atoms with Crippen molar-refractivity contribution in [3.8, 4) is 11.5 Å². The van der Waals surface area contributed by atoms with E-state index in [9.17, 15) is 9.59 Å². The van der Waals surface area contributed by atoms with Crippen LogP contribution in [0.3, 0.4) is 0 Å². The summed E-state index contributed by atoms with van der Waals surface area (Å²) in [6.07, 6.45) is 0. The summed E-state index contributed by atoms with van der Waals surface area (Å²) in [4.78, 5) is 26.5. The minimum Gasteiger partial charge on any atom is -0.497 e. The molecule has 0 saturated heterocycles. The van der Waals surface area contributed by atoms with E-state index in [1.807, 2.05) is 42.5 Å². The summed E-state index contributed by atoms with van der Waals surface area (Å²) in [6, 6.07) is 23.7. The fourth-order valence-electron chi connectivity index (χ4n) is 2.84. The highest BCUT2D eigenvalue weighted by Crippen LogP contribution is 2.27. The molecule has 0 aliphatic carbocycles. The number of para-hydroxylation sites is 1. The summed E-state index contributed by atoms with van der Waals surface area (Å²) in [5, 5.41) is 0. The van der Waals surface area contributed by atoms with Gasteiger partial charge in [0.1, 0.15) is 11.5 Å². The quantitative estimate of drug-likeness (QED) is 0.471. The molecule has 5 nitrogen and oxygen atoms in total. The van der Waals surface area contributed by atoms with Crippen molar-refractivity contribution in [2.45, 2.75) is 13.5 Å². The van der Waals surface area contributed by atoms with Crippen molar-refractivity contribution in [2.24, 2.45) is 0 Å². The Balaban J connectivity index is 2.00. The monoisotopic (exact) mass is 375 g/mol. The smallest absolute Gasteiger partial charge is 0.308 e. The molecule has 0 aliphatic heterocycles. The SMILES string of the molecule is COc1ccc(N(Cc2ccccc2)C(=O)c2ccccc2OC(C)=O)cc1. The molecule has 3 rings (SSSR count). The van der Waals surface area contributed by atoms with Gasteiger partial charge >= 0.3 is 5.97 Å². The topological polar surface area (TPSA) is 55.8 Å². The fraction of sp³-hybridized carbons (Fsp3) is 0.130. The Morgan fingerprint density at radius 3 is 2.14 bits per heavy atom. The van der Waals surface area contributed by atoms with E-state index in [1.165, 1.54) is 6.92 Å². The van der Waals surface area contributed by atoms with Crippen molar-refractivity contribution in [3.63, 3.8) is 0 Å². The van der Waals surface area contributed by atoms with Crippen molar-refractivity contribution in [1.82, 2.24) is 0 Å². The molecule has 28 heavy (non-hydrogen) atoms. The molecule has 0 spiro atoms. The summed E-state index contributed by atoms with van der Waals surface area (Å²) in [7, 11) is 1.59. The molecule has 0 aromatic heterocycles. The van der Waals surface area contributed by atoms with Crippen LogP contribution in [0.5, 0.6) is 11.5 Å². The largest absolute Gasteiger partial charge is 0.497 e. The number of esters is 1. The van der Waals surface area contributed by atoms with Gasteiger partial charge in [-0.1, -0.05) is 42.5 Å². The Kier molecular flexibility index (Phi) is 6.07. The molecule has 0 fully saturated rings. The number of amides is 1. The van der Waals surface area contributed by atoms with Crippen LogP contribution in [-0.2, 0) is 11.3 Å². The lowest BCUT2D eigenvalue weighted by Gasteiger charge is -2.24. The zero-order chi connectivity index (χ0) is 19.9. The first-order valence-corrected chi connectivity index (χ1v) is 8.86. The van der Waals surface area contributed by atoms with Crippen LogP contribution < -0.4 is 14.4 Å². The molecule has 3 aromatic carbocycles. The molecule has 0 bridgehead atoms. The Labute approximate surface area is 164 Å². The van der Waals surface area contributed by atoms with E-state index >= 15 is 0 Å². The number of benzene rings is 3. The van der Waals surface area contributed by atoms with Gasteiger partial charge in [0.25, 0.3) is 5.91 Å². The fourth-order valence-corrected chi connectivity index (χ4v) is 2.84. The minimum absolute atomic E-state index is 0.242.